The van der Waals surface area contributed by atoms with Crippen molar-refractivity contribution in [3.8, 4) is 0 Å². The van der Waals surface area contributed by atoms with Crippen LogP contribution in [0.15, 0.2) is 12.2 Å². The summed E-state index contributed by atoms with van der Waals surface area (Å²) >= 11 is 0. The van der Waals surface area contributed by atoms with E-state index >= 15 is 0 Å². The van der Waals surface area contributed by atoms with Gasteiger partial charge in [-0.1, -0.05) is 244 Å². The van der Waals surface area contributed by atoms with Crippen LogP contribution in [0.5, 0.6) is 0 Å². The number of carbonyl (C=O) groups excluding carboxylic acids is 1. The highest BCUT2D eigenvalue weighted by Gasteiger charge is 2.13. The SMILES string of the molecule is CCCCCCCC/C=C\CCCCCCCCCCCCOCC(CO)OC(=O)CCCCCCCCCCCCCCCCCCCCCCCC. The van der Waals surface area contributed by atoms with Crippen LogP contribution < -0.4 is 0 Å². The predicted octanol–water partition coefficient (Wildman–Crippen LogP) is 16.5. The highest BCUT2D eigenvalue weighted by Crippen LogP contribution is 2.16. The number of hydrogen-bond donors (Lipinski definition) is 1. The van der Waals surface area contributed by atoms with Crippen molar-refractivity contribution in [1.29, 1.82) is 0 Å². The third-order valence-corrected chi connectivity index (χ3v) is 11.3. The second kappa shape index (κ2) is 48.3. The van der Waals surface area contributed by atoms with Gasteiger partial charge in [0.25, 0.3) is 0 Å². The van der Waals surface area contributed by atoms with E-state index in [1.54, 1.807) is 0 Å². The molecule has 0 rings (SSSR count). The summed E-state index contributed by atoms with van der Waals surface area (Å²) < 4.78 is 11.2. The molecule has 1 N–H and O–H groups in total. The lowest BCUT2D eigenvalue weighted by atomic mass is 10.0. The van der Waals surface area contributed by atoms with Crippen LogP contribution in [-0.2, 0) is 14.3 Å². The van der Waals surface area contributed by atoms with Crippen LogP contribution >= 0.6 is 0 Å². The normalized spacial score (nSPS) is 12.3. The summed E-state index contributed by atoms with van der Waals surface area (Å²) in [6.45, 7) is 5.40. The summed E-state index contributed by atoms with van der Waals surface area (Å²) in [5.74, 6) is -0.193. The zero-order valence-corrected chi connectivity index (χ0v) is 37.0. The fourth-order valence-electron chi connectivity index (χ4n) is 7.62. The number of aliphatic hydroxyl groups is 1. The average Bonchev–Trinajstić information content (AvgIpc) is 3.18. The van der Waals surface area contributed by atoms with Crippen LogP contribution in [0, 0.1) is 0 Å². The zero-order valence-electron chi connectivity index (χ0n) is 37.0. The lowest BCUT2D eigenvalue weighted by Crippen LogP contribution is -2.27. The molecule has 0 aromatic rings. The standard InChI is InChI=1S/C50H98O4/c1-3-5-7-9-11-13-15-17-19-21-23-25-26-27-29-31-33-35-37-39-41-43-45-50(52)54-49(47-51)48-53-46-44-42-40-38-36-34-32-30-28-24-22-20-18-16-14-12-10-8-6-4-2/h18,20,49,51H,3-17,19,21-48H2,1-2H3/b20-18-. The van der Waals surface area contributed by atoms with Crippen molar-refractivity contribution in [3.63, 3.8) is 0 Å². The Morgan fingerprint density at radius 1 is 0.426 bits per heavy atom. The van der Waals surface area contributed by atoms with Gasteiger partial charge in [-0.05, 0) is 38.5 Å². The molecule has 1 atom stereocenters. The van der Waals surface area contributed by atoms with E-state index in [2.05, 4.69) is 26.0 Å². The number of hydrogen-bond acceptors (Lipinski definition) is 4. The molecule has 0 aromatic carbocycles. The predicted molar refractivity (Wildman–Crippen MR) is 238 cm³/mol. The quantitative estimate of drug-likeness (QED) is 0.0381. The topological polar surface area (TPSA) is 55.8 Å². The van der Waals surface area contributed by atoms with E-state index < -0.39 is 6.10 Å². The minimum Gasteiger partial charge on any atom is -0.457 e. The minimum atomic E-state index is -0.529. The number of esters is 1. The van der Waals surface area contributed by atoms with Crippen LogP contribution in [0.1, 0.15) is 277 Å². The number of allylic oxidation sites excluding steroid dienone is 2. The lowest BCUT2D eigenvalue weighted by Gasteiger charge is -2.16. The molecule has 0 radical (unpaired) electrons. The molecule has 1 unspecified atom stereocenters. The van der Waals surface area contributed by atoms with Gasteiger partial charge in [0.15, 0.2) is 0 Å². The van der Waals surface area contributed by atoms with Gasteiger partial charge in [-0.15, -0.1) is 0 Å². The van der Waals surface area contributed by atoms with E-state index in [1.165, 1.54) is 238 Å². The molecule has 4 heteroatoms. The maximum Gasteiger partial charge on any atom is 0.306 e. The first-order valence-corrected chi connectivity index (χ1v) is 24.8. The highest BCUT2D eigenvalue weighted by molar-refractivity contribution is 5.69. The maximum absolute atomic E-state index is 12.3. The monoisotopic (exact) mass is 763 g/mol. The average molecular weight is 763 g/mol. The van der Waals surface area contributed by atoms with E-state index in [9.17, 15) is 9.90 Å². The van der Waals surface area contributed by atoms with Crippen molar-refractivity contribution in [2.45, 2.75) is 283 Å². The van der Waals surface area contributed by atoms with Crippen molar-refractivity contribution in [2.75, 3.05) is 19.8 Å². The first-order valence-electron chi connectivity index (χ1n) is 24.8. The molecule has 0 bridgehead atoms. The lowest BCUT2D eigenvalue weighted by molar-refractivity contribution is -0.154. The molecule has 0 aliphatic rings. The van der Waals surface area contributed by atoms with Crippen LogP contribution in [0.4, 0.5) is 0 Å². The molecule has 0 saturated carbocycles. The second-order valence-corrected chi connectivity index (χ2v) is 16.9. The molecule has 4 nitrogen and oxygen atoms in total. The molecule has 0 spiro atoms. The van der Waals surface area contributed by atoms with Crippen LogP contribution in [0.25, 0.3) is 0 Å². The molecule has 54 heavy (non-hydrogen) atoms. The van der Waals surface area contributed by atoms with E-state index in [0.717, 1.165) is 19.3 Å². The molecule has 0 aromatic heterocycles. The summed E-state index contributed by atoms with van der Waals surface area (Å²) in [7, 11) is 0. The van der Waals surface area contributed by atoms with E-state index in [1.807, 2.05) is 0 Å². The summed E-state index contributed by atoms with van der Waals surface area (Å²) in [5.41, 5.74) is 0. The van der Waals surface area contributed by atoms with Crippen molar-refractivity contribution >= 4 is 5.97 Å². The highest BCUT2D eigenvalue weighted by atomic mass is 16.6. The van der Waals surface area contributed by atoms with Gasteiger partial charge in [0.05, 0.1) is 13.2 Å². The Morgan fingerprint density at radius 3 is 1.06 bits per heavy atom. The Bertz CT molecular complexity index is 721. The fourth-order valence-corrected chi connectivity index (χ4v) is 7.62. The van der Waals surface area contributed by atoms with Crippen LogP contribution in [0.2, 0.25) is 0 Å². The third-order valence-electron chi connectivity index (χ3n) is 11.3. The second-order valence-electron chi connectivity index (χ2n) is 16.9. The van der Waals surface area contributed by atoms with E-state index in [4.69, 9.17) is 9.47 Å². The smallest absolute Gasteiger partial charge is 0.306 e. The van der Waals surface area contributed by atoms with Gasteiger partial charge < -0.3 is 14.6 Å². The molecule has 0 aliphatic heterocycles. The molecule has 0 amide bonds. The zero-order chi connectivity index (χ0) is 39.1. The molecule has 0 aliphatic carbocycles. The number of unbranched alkanes of at least 4 members (excludes halogenated alkanes) is 37. The Labute approximate surface area is 339 Å². The van der Waals surface area contributed by atoms with Gasteiger partial charge in [0.1, 0.15) is 6.10 Å². The van der Waals surface area contributed by atoms with Crippen molar-refractivity contribution in [2.24, 2.45) is 0 Å². The molecular formula is C50H98O4. The van der Waals surface area contributed by atoms with Gasteiger partial charge in [-0.3, -0.25) is 4.79 Å². The van der Waals surface area contributed by atoms with Gasteiger partial charge in [0.2, 0.25) is 0 Å². The molecular weight excluding hydrogens is 665 g/mol. The van der Waals surface area contributed by atoms with Gasteiger partial charge in [-0.25, -0.2) is 0 Å². The molecule has 0 fully saturated rings. The largest absolute Gasteiger partial charge is 0.457 e. The Balaban J connectivity index is 3.35. The summed E-state index contributed by atoms with van der Waals surface area (Å²) in [6.07, 6.45) is 58.7. The van der Waals surface area contributed by atoms with E-state index in [-0.39, 0.29) is 12.6 Å². The van der Waals surface area contributed by atoms with Crippen molar-refractivity contribution < 1.29 is 19.4 Å². The summed E-state index contributed by atoms with van der Waals surface area (Å²) in [6, 6.07) is 0. The molecule has 0 heterocycles. The Kier molecular flexibility index (Phi) is 47.5. The van der Waals surface area contributed by atoms with Crippen molar-refractivity contribution in [1.82, 2.24) is 0 Å². The van der Waals surface area contributed by atoms with Gasteiger partial charge in [0, 0.05) is 13.0 Å². The molecule has 0 saturated heterocycles. The van der Waals surface area contributed by atoms with Gasteiger partial charge in [-0.2, -0.15) is 0 Å². The summed E-state index contributed by atoms with van der Waals surface area (Å²) in [5, 5.41) is 9.64. The number of ether oxygens (including phenoxy) is 2. The van der Waals surface area contributed by atoms with Crippen LogP contribution in [0.3, 0.4) is 0 Å². The maximum atomic E-state index is 12.3. The third kappa shape index (κ3) is 45.5. The first-order chi connectivity index (χ1) is 26.7. The molecule has 322 valence electrons. The number of rotatable bonds is 47. The van der Waals surface area contributed by atoms with E-state index in [0.29, 0.717) is 19.6 Å². The summed E-state index contributed by atoms with van der Waals surface area (Å²) in [4.78, 5) is 12.3. The number of carbonyl (C=O) groups is 1. The fraction of sp³-hybridized carbons (Fsp3) is 0.940. The van der Waals surface area contributed by atoms with Crippen LogP contribution in [-0.4, -0.2) is 37.0 Å². The van der Waals surface area contributed by atoms with Crippen molar-refractivity contribution in [3.05, 3.63) is 12.2 Å². The Hall–Kier alpha value is -0.870. The minimum absolute atomic E-state index is 0.166. The first kappa shape index (κ1) is 53.1. The number of aliphatic hydroxyl groups excluding tert-OH is 1. The van der Waals surface area contributed by atoms with Gasteiger partial charge >= 0.3 is 5.97 Å². The Morgan fingerprint density at radius 2 is 0.722 bits per heavy atom.